The second-order valence-electron chi connectivity index (χ2n) is 2.43. The van der Waals surface area contributed by atoms with E-state index in [0.29, 0.717) is 5.88 Å². The number of alkyl halides is 1. The average Bonchev–Trinajstić information content (AvgIpc) is 2.09. The van der Waals surface area contributed by atoms with Gasteiger partial charge in [-0.05, 0) is 18.6 Å². The largest absolute Gasteiger partial charge is 0.264 e. The Morgan fingerprint density at radius 1 is 1.58 bits per heavy atom. The van der Waals surface area contributed by atoms with Crippen LogP contribution in [0.4, 0.5) is 0 Å². The van der Waals surface area contributed by atoms with E-state index in [1.165, 1.54) is 0 Å². The summed E-state index contributed by atoms with van der Waals surface area (Å²) in [7, 11) is 0. The molecule has 1 aromatic heterocycles. The lowest BCUT2D eigenvalue weighted by Crippen LogP contribution is -1.82. The smallest absolute Gasteiger partial charge is 0.0333 e. The molecule has 62 valence electrons. The summed E-state index contributed by atoms with van der Waals surface area (Å²) >= 11 is 5.49. The van der Waals surface area contributed by atoms with Gasteiger partial charge in [0.2, 0.25) is 0 Å². The standard InChI is InChI=1S/C10H10ClN/c1-9-8-12-7-5-10(9)4-2-3-6-11/h5,7-8H,3,6H2,1H3. The SMILES string of the molecule is Cc1cnccc1C#CCCCl. The molecular formula is C10H10ClN. The van der Waals surface area contributed by atoms with Crippen LogP contribution < -0.4 is 0 Å². The highest BCUT2D eigenvalue weighted by atomic mass is 35.5. The molecular weight excluding hydrogens is 170 g/mol. The minimum atomic E-state index is 0.594. The van der Waals surface area contributed by atoms with E-state index in [-0.39, 0.29) is 0 Å². The first-order valence-electron chi connectivity index (χ1n) is 3.80. The molecule has 12 heavy (non-hydrogen) atoms. The first kappa shape index (κ1) is 9.09. The molecule has 1 rings (SSSR count). The van der Waals surface area contributed by atoms with Crippen LogP contribution in [-0.4, -0.2) is 10.9 Å². The van der Waals surface area contributed by atoms with Crippen molar-refractivity contribution in [1.82, 2.24) is 4.98 Å². The van der Waals surface area contributed by atoms with Gasteiger partial charge in [0.15, 0.2) is 0 Å². The van der Waals surface area contributed by atoms with Gasteiger partial charge in [-0.2, -0.15) is 0 Å². The Bertz CT molecular complexity index is 309. The predicted molar refractivity (Wildman–Crippen MR) is 51.2 cm³/mol. The lowest BCUT2D eigenvalue weighted by molar-refractivity contribution is 1.25. The number of aryl methyl sites for hydroxylation is 1. The fraction of sp³-hybridized carbons (Fsp3) is 0.300. The Morgan fingerprint density at radius 3 is 3.08 bits per heavy atom. The first-order valence-corrected chi connectivity index (χ1v) is 4.33. The average molecular weight is 180 g/mol. The van der Waals surface area contributed by atoms with E-state index in [1.807, 2.05) is 19.2 Å². The monoisotopic (exact) mass is 179 g/mol. The van der Waals surface area contributed by atoms with Crippen molar-refractivity contribution in [2.24, 2.45) is 0 Å². The second kappa shape index (κ2) is 4.79. The number of nitrogens with zero attached hydrogens (tertiary/aromatic N) is 1. The molecule has 2 heteroatoms. The summed E-state index contributed by atoms with van der Waals surface area (Å²) in [5.74, 6) is 6.62. The molecule has 0 spiro atoms. The van der Waals surface area contributed by atoms with Gasteiger partial charge in [-0.15, -0.1) is 11.6 Å². The number of aromatic nitrogens is 1. The molecule has 0 saturated heterocycles. The summed E-state index contributed by atoms with van der Waals surface area (Å²) in [6.45, 7) is 2.00. The summed E-state index contributed by atoms with van der Waals surface area (Å²) in [5, 5.41) is 0. The zero-order chi connectivity index (χ0) is 8.81. The zero-order valence-corrected chi connectivity index (χ0v) is 7.73. The third kappa shape index (κ3) is 2.56. The fourth-order valence-electron chi connectivity index (χ4n) is 0.819. The lowest BCUT2D eigenvalue weighted by Gasteiger charge is -1.93. The maximum Gasteiger partial charge on any atom is 0.0333 e. The van der Waals surface area contributed by atoms with Crippen LogP contribution >= 0.6 is 11.6 Å². The van der Waals surface area contributed by atoms with E-state index >= 15 is 0 Å². The van der Waals surface area contributed by atoms with Crippen LogP contribution in [0.5, 0.6) is 0 Å². The fourth-order valence-corrected chi connectivity index (χ4v) is 0.913. The number of hydrogen-bond acceptors (Lipinski definition) is 1. The van der Waals surface area contributed by atoms with Crippen LogP contribution in [0.3, 0.4) is 0 Å². The highest BCUT2D eigenvalue weighted by Gasteiger charge is 1.90. The van der Waals surface area contributed by atoms with Crippen LogP contribution in [0.2, 0.25) is 0 Å². The van der Waals surface area contributed by atoms with Crippen molar-refractivity contribution >= 4 is 11.6 Å². The number of halogens is 1. The molecule has 0 amide bonds. The van der Waals surface area contributed by atoms with Gasteiger partial charge >= 0.3 is 0 Å². The van der Waals surface area contributed by atoms with Gasteiger partial charge in [-0.3, -0.25) is 4.98 Å². The molecule has 0 aromatic carbocycles. The minimum absolute atomic E-state index is 0.594. The molecule has 0 unspecified atom stereocenters. The molecule has 0 radical (unpaired) electrons. The maximum absolute atomic E-state index is 5.49. The van der Waals surface area contributed by atoms with E-state index in [4.69, 9.17) is 11.6 Å². The van der Waals surface area contributed by atoms with Gasteiger partial charge in [-0.25, -0.2) is 0 Å². The Hall–Kier alpha value is -1.00. The Morgan fingerprint density at radius 2 is 2.42 bits per heavy atom. The molecule has 0 saturated carbocycles. The summed E-state index contributed by atoms with van der Waals surface area (Å²) in [4.78, 5) is 3.98. The van der Waals surface area contributed by atoms with Crippen LogP contribution in [0.15, 0.2) is 18.5 Å². The van der Waals surface area contributed by atoms with Gasteiger partial charge in [0.25, 0.3) is 0 Å². The Balaban J connectivity index is 2.77. The van der Waals surface area contributed by atoms with E-state index in [9.17, 15) is 0 Å². The second-order valence-corrected chi connectivity index (χ2v) is 2.81. The van der Waals surface area contributed by atoms with Gasteiger partial charge in [-0.1, -0.05) is 11.8 Å². The summed E-state index contributed by atoms with van der Waals surface area (Å²) < 4.78 is 0. The molecule has 0 aliphatic rings. The Kier molecular flexibility index (Phi) is 3.63. The van der Waals surface area contributed by atoms with Crippen molar-refractivity contribution in [3.63, 3.8) is 0 Å². The normalized spacial score (nSPS) is 8.83. The zero-order valence-electron chi connectivity index (χ0n) is 6.97. The molecule has 1 nitrogen and oxygen atoms in total. The van der Waals surface area contributed by atoms with Crippen molar-refractivity contribution in [2.45, 2.75) is 13.3 Å². The number of pyridine rings is 1. The van der Waals surface area contributed by atoms with Crippen molar-refractivity contribution in [3.8, 4) is 11.8 Å². The first-order chi connectivity index (χ1) is 5.84. The third-order valence-corrected chi connectivity index (χ3v) is 1.65. The molecule has 0 aliphatic heterocycles. The van der Waals surface area contributed by atoms with E-state index in [2.05, 4.69) is 16.8 Å². The van der Waals surface area contributed by atoms with E-state index in [1.54, 1.807) is 6.20 Å². The van der Waals surface area contributed by atoms with E-state index < -0.39 is 0 Å². The van der Waals surface area contributed by atoms with Crippen LogP contribution in [-0.2, 0) is 0 Å². The lowest BCUT2D eigenvalue weighted by atomic mass is 10.2. The van der Waals surface area contributed by atoms with Crippen LogP contribution in [0.1, 0.15) is 17.5 Å². The molecule has 1 heterocycles. The van der Waals surface area contributed by atoms with Gasteiger partial charge in [0.05, 0.1) is 0 Å². The number of hydrogen-bond donors (Lipinski definition) is 0. The van der Waals surface area contributed by atoms with E-state index in [0.717, 1.165) is 17.5 Å². The van der Waals surface area contributed by atoms with Gasteiger partial charge in [0, 0.05) is 30.3 Å². The summed E-state index contributed by atoms with van der Waals surface area (Å²) in [6, 6.07) is 1.91. The van der Waals surface area contributed by atoms with Crippen molar-refractivity contribution in [3.05, 3.63) is 29.6 Å². The highest BCUT2D eigenvalue weighted by molar-refractivity contribution is 6.18. The molecule has 0 aliphatic carbocycles. The minimum Gasteiger partial charge on any atom is -0.264 e. The van der Waals surface area contributed by atoms with Crippen molar-refractivity contribution in [2.75, 3.05) is 5.88 Å². The molecule has 0 atom stereocenters. The van der Waals surface area contributed by atoms with Gasteiger partial charge < -0.3 is 0 Å². The molecule has 1 aromatic rings. The Labute approximate surface area is 77.8 Å². The van der Waals surface area contributed by atoms with Crippen LogP contribution in [0, 0.1) is 18.8 Å². The highest BCUT2D eigenvalue weighted by Crippen LogP contribution is 2.02. The summed E-state index contributed by atoms with van der Waals surface area (Å²) in [6.07, 6.45) is 4.30. The molecule has 0 N–H and O–H groups in total. The quantitative estimate of drug-likeness (QED) is 0.477. The van der Waals surface area contributed by atoms with Crippen molar-refractivity contribution < 1.29 is 0 Å². The topological polar surface area (TPSA) is 12.9 Å². The van der Waals surface area contributed by atoms with Gasteiger partial charge in [0.1, 0.15) is 0 Å². The predicted octanol–water partition coefficient (Wildman–Crippen LogP) is 2.37. The third-order valence-electron chi connectivity index (χ3n) is 1.46. The maximum atomic E-state index is 5.49. The van der Waals surface area contributed by atoms with Crippen molar-refractivity contribution in [1.29, 1.82) is 0 Å². The molecule has 0 bridgehead atoms. The van der Waals surface area contributed by atoms with Crippen LogP contribution in [0.25, 0.3) is 0 Å². The number of rotatable bonds is 1. The summed E-state index contributed by atoms with van der Waals surface area (Å²) in [5.41, 5.74) is 2.15. The molecule has 0 fully saturated rings.